The van der Waals surface area contributed by atoms with Crippen molar-refractivity contribution in [3.8, 4) is 11.8 Å². The van der Waals surface area contributed by atoms with E-state index in [0.29, 0.717) is 18.5 Å². The number of hydrogen-bond donors (Lipinski definition) is 0. The highest BCUT2D eigenvalue weighted by Crippen LogP contribution is 2.24. The molecule has 0 atom stereocenters. The minimum Gasteiger partial charge on any atom is -0.492 e. The Hall–Kier alpha value is -2.15. The lowest BCUT2D eigenvalue weighted by molar-refractivity contribution is 0.101. The van der Waals surface area contributed by atoms with E-state index in [2.05, 4.69) is 0 Å². The van der Waals surface area contributed by atoms with Crippen LogP contribution in [0.15, 0.2) is 12.1 Å². The molecule has 0 saturated heterocycles. The van der Waals surface area contributed by atoms with Gasteiger partial charge in [-0.3, -0.25) is 9.59 Å². The van der Waals surface area contributed by atoms with Crippen LogP contribution in [0, 0.1) is 11.3 Å². The van der Waals surface area contributed by atoms with Crippen LogP contribution in [0.3, 0.4) is 0 Å². The molecule has 1 aromatic rings. The summed E-state index contributed by atoms with van der Waals surface area (Å²) in [6.45, 7) is 3.50. The molecule has 0 spiro atoms. The number of ether oxygens (including phenoxy) is 1. The first-order chi connectivity index (χ1) is 7.63. The third kappa shape index (κ3) is 2.26. The molecule has 0 N–H and O–H groups in total. The fraction of sp³-hybridized carbons (Fsp3) is 0.250. The van der Waals surface area contributed by atoms with Crippen LogP contribution in [0.4, 0.5) is 0 Å². The van der Waals surface area contributed by atoms with E-state index >= 15 is 0 Å². The van der Waals surface area contributed by atoms with Gasteiger partial charge in [-0.2, -0.15) is 5.26 Å². The topological polar surface area (TPSA) is 67.2 Å². The van der Waals surface area contributed by atoms with Crippen LogP contribution in [0.1, 0.15) is 40.1 Å². The average molecular weight is 217 g/mol. The first-order valence-electron chi connectivity index (χ1n) is 4.81. The molecule has 0 aliphatic heterocycles. The zero-order valence-corrected chi connectivity index (χ0v) is 9.11. The Morgan fingerprint density at radius 3 is 2.69 bits per heavy atom. The SMILES string of the molecule is CCOc1c(C#N)cc(C(C)=O)cc1C=O. The van der Waals surface area contributed by atoms with Crippen LogP contribution in [0.5, 0.6) is 5.75 Å². The number of nitriles is 1. The molecule has 0 saturated carbocycles. The van der Waals surface area contributed by atoms with Gasteiger partial charge in [-0.25, -0.2) is 0 Å². The Balaban J connectivity index is 3.44. The van der Waals surface area contributed by atoms with E-state index in [-0.39, 0.29) is 22.7 Å². The molecule has 82 valence electrons. The summed E-state index contributed by atoms with van der Waals surface area (Å²) in [5, 5.41) is 8.91. The molecule has 0 unspecified atom stereocenters. The van der Waals surface area contributed by atoms with Crippen molar-refractivity contribution in [3.05, 3.63) is 28.8 Å². The summed E-state index contributed by atoms with van der Waals surface area (Å²) in [6, 6.07) is 4.78. The van der Waals surface area contributed by atoms with E-state index in [1.54, 1.807) is 6.92 Å². The van der Waals surface area contributed by atoms with E-state index in [1.807, 2.05) is 6.07 Å². The molecule has 4 heteroatoms. The van der Waals surface area contributed by atoms with Gasteiger partial charge in [0.05, 0.1) is 17.7 Å². The van der Waals surface area contributed by atoms with Crippen LogP contribution in [0.2, 0.25) is 0 Å². The Morgan fingerprint density at radius 1 is 1.56 bits per heavy atom. The molecule has 0 aliphatic rings. The highest BCUT2D eigenvalue weighted by molar-refractivity contribution is 5.97. The summed E-state index contributed by atoms with van der Waals surface area (Å²) in [6.07, 6.45) is 0.582. The summed E-state index contributed by atoms with van der Waals surface area (Å²) in [4.78, 5) is 22.0. The molecule has 0 bridgehead atoms. The molecule has 0 radical (unpaired) electrons. The molecule has 16 heavy (non-hydrogen) atoms. The number of ketones is 1. The molecule has 0 aromatic heterocycles. The lowest BCUT2D eigenvalue weighted by atomic mass is 10.0. The Kier molecular flexibility index (Phi) is 3.78. The summed E-state index contributed by atoms with van der Waals surface area (Å²) in [5.41, 5.74) is 0.768. The highest BCUT2D eigenvalue weighted by atomic mass is 16.5. The van der Waals surface area contributed by atoms with E-state index in [0.717, 1.165) is 0 Å². The minimum absolute atomic E-state index is 0.192. The molecule has 1 aromatic carbocycles. The third-order valence-corrected chi connectivity index (χ3v) is 2.06. The van der Waals surface area contributed by atoms with Crippen molar-refractivity contribution in [1.82, 2.24) is 0 Å². The molecule has 0 amide bonds. The first-order valence-corrected chi connectivity index (χ1v) is 4.81. The highest BCUT2D eigenvalue weighted by Gasteiger charge is 2.13. The number of benzene rings is 1. The molecule has 0 fully saturated rings. The molecule has 0 aliphatic carbocycles. The Morgan fingerprint density at radius 2 is 2.25 bits per heavy atom. The fourth-order valence-electron chi connectivity index (χ4n) is 1.33. The zero-order chi connectivity index (χ0) is 12.1. The molecular formula is C12H11NO3. The maximum atomic E-state index is 11.2. The number of Topliss-reactive ketones (excluding diaryl/α,β-unsaturated/α-hetero) is 1. The van der Waals surface area contributed by atoms with Crippen LogP contribution in [-0.4, -0.2) is 18.7 Å². The molecular weight excluding hydrogens is 206 g/mol. The lowest BCUT2D eigenvalue weighted by Crippen LogP contribution is -2.02. The minimum atomic E-state index is -0.192. The number of rotatable bonds is 4. The van der Waals surface area contributed by atoms with Crippen LogP contribution < -0.4 is 4.74 Å². The van der Waals surface area contributed by atoms with Crippen LogP contribution in [0.25, 0.3) is 0 Å². The summed E-state index contributed by atoms with van der Waals surface area (Å²) < 4.78 is 5.22. The van der Waals surface area contributed by atoms with Gasteiger partial charge in [0.1, 0.15) is 11.8 Å². The second-order valence-electron chi connectivity index (χ2n) is 3.16. The van der Waals surface area contributed by atoms with Gasteiger partial charge in [0, 0.05) is 5.56 Å². The van der Waals surface area contributed by atoms with E-state index in [4.69, 9.17) is 10.00 Å². The van der Waals surface area contributed by atoms with Crippen molar-refractivity contribution >= 4 is 12.1 Å². The van der Waals surface area contributed by atoms with Crippen molar-refractivity contribution in [2.75, 3.05) is 6.61 Å². The van der Waals surface area contributed by atoms with Gasteiger partial charge in [0.25, 0.3) is 0 Å². The van der Waals surface area contributed by atoms with Crippen molar-refractivity contribution in [2.24, 2.45) is 0 Å². The molecule has 1 rings (SSSR count). The normalized spacial score (nSPS) is 9.31. The van der Waals surface area contributed by atoms with Gasteiger partial charge in [0.15, 0.2) is 12.1 Å². The second-order valence-corrected chi connectivity index (χ2v) is 3.16. The Bertz CT molecular complexity index is 472. The zero-order valence-electron chi connectivity index (χ0n) is 9.11. The lowest BCUT2D eigenvalue weighted by Gasteiger charge is -2.09. The number of hydrogen-bond acceptors (Lipinski definition) is 4. The fourth-order valence-corrected chi connectivity index (χ4v) is 1.33. The van der Waals surface area contributed by atoms with E-state index in [9.17, 15) is 9.59 Å². The van der Waals surface area contributed by atoms with Gasteiger partial charge < -0.3 is 4.74 Å². The molecule has 0 heterocycles. The van der Waals surface area contributed by atoms with Crippen molar-refractivity contribution in [2.45, 2.75) is 13.8 Å². The smallest absolute Gasteiger partial charge is 0.159 e. The third-order valence-electron chi connectivity index (χ3n) is 2.06. The van der Waals surface area contributed by atoms with E-state index < -0.39 is 0 Å². The predicted octanol–water partition coefficient (Wildman–Crippen LogP) is 1.97. The predicted molar refractivity (Wildman–Crippen MR) is 57.7 cm³/mol. The monoisotopic (exact) mass is 217 g/mol. The maximum Gasteiger partial charge on any atom is 0.159 e. The largest absolute Gasteiger partial charge is 0.492 e. The van der Waals surface area contributed by atoms with Crippen LogP contribution in [-0.2, 0) is 0 Å². The van der Waals surface area contributed by atoms with Gasteiger partial charge >= 0.3 is 0 Å². The number of carbonyl (C=O) groups is 2. The second kappa shape index (κ2) is 5.08. The number of carbonyl (C=O) groups excluding carboxylic acids is 2. The van der Waals surface area contributed by atoms with Gasteiger partial charge in [-0.1, -0.05) is 0 Å². The molecule has 4 nitrogen and oxygen atoms in total. The van der Waals surface area contributed by atoms with Crippen molar-refractivity contribution in [1.29, 1.82) is 5.26 Å². The van der Waals surface area contributed by atoms with Gasteiger partial charge in [-0.15, -0.1) is 0 Å². The number of aldehydes is 1. The summed E-state index contributed by atoms with van der Waals surface area (Å²) in [7, 11) is 0. The van der Waals surface area contributed by atoms with Crippen LogP contribution >= 0.6 is 0 Å². The summed E-state index contributed by atoms with van der Waals surface area (Å²) in [5.74, 6) is 0.0487. The standard InChI is InChI=1S/C12H11NO3/c1-3-16-12-10(6-13)4-9(8(2)15)5-11(12)7-14/h4-5,7H,3H2,1-2H3. The average Bonchev–Trinajstić information content (AvgIpc) is 2.29. The Labute approximate surface area is 93.5 Å². The quantitative estimate of drug-likeness (QED) is 0.571. The van der Waals surface area contributed by atoms with E-state index in [1.165, 1.54) is 19.1 Å². The van der Waals surface area contributed by atoms with Gasteiger partial charge in [-0.05, 0) is 26.0 Å². The van der Waals surface area contributed by atoms with Gasteiger partial charge in [0.2, 0.25) is 0 Å². The number of nitrogens with zero attached hydrogens (tertiary/aromatic N) is 1. The maximum absolute atomic E-state index is 11.2. The van der Waals surface area contributed by atoms with Crippen molar-refractivity contribution in [3.63, 3.8) is 0 Å². The van der Waals surface area contributed by atoms with Crippen molar-refractivity contribution < 1.29 is 14.3 Å². The first kappa shape index (κ1) is 11.9. The summed E-state index contributed by atoms with van der Waals surface area (Å²) >= 11 is 0.